The SMILES string of the molecule is CCOC(=O)C1=C(CC)NC(=O)NC1c1ccc(OCc2c(Cl)cccc2Cl)c(OC)c1. The van der Waals surface area contributed by atoms with E-state index in [1.165, 1.54) is 7.11 Å². The van der Waals surface area contributed by atoms with Gasteiger partial charge >= 0.3 is 12.0 Å². The van der Waals surface area contributed by atoms with Gasteiger partial charge in [0.05, 0.1) is 25.3 Å². The number of halogens is 2. The number of carbonyl (C=O) groups excluding carboxylic acids is 2. The Hall–Kier alpha value is -2.90. The van der Waals surface area contributed by atoms with E-state index in [9.17, 15) is 9.59 Å². The highest BCUT2D eigenvalue weighted by Gasteiger charge is 2.33. The zero-order chi connectivity index (χ0) is 23.3. The Labute approximate surface area is 196 Å². The van der Waals surface area contributed by atoms with Gasteiger partial charge in [0.25, 0.3) is 0 Å². The van der Waals surface area contributed by atoms with Crippen LogP contribution in [0.3, 0.4) is 0 Å². The van der Waals surface area contributed by atoms with E-state index in [-0.39, 0.29) is 13.2 Å². The molecule has 1 aliphatic rings. The van der Waals surface area contributed by atoms with Crippen molar-refractivity contribution in [3.05, 3.63) is 68.8 Å². The smallest absolute Gasteiger partial charge is 0.338 e. The molecule has 170 valence electrons. The number of carbonyl (C=O) groups is 2. The van der Waals surface area contributed by atoms with Crippen molar-refractivity contribution >= 4 is 35.2 Å². The Morgan fingerprint density at radius 3 is 2.44 bits per heavy atom. The molecular weight excluding hydrogens is 455 g/mol. The Balaban J connectivity index is 1.92. The lowest BCUT2D eigenvalue weighted by Crippen LogP contribution is -2.45. The largest absolute Gasteiger partial charge is 0.493 e. The number of nitrogens with one attached hydrogen (secondary N) is 2. The predicted octanol–water partition coefficient (Wildman–Crippen LogP) is 5.16. The minimum atomic E-state index is -0.696. The molecule has 2 amide bonds. The van der Waals surface area contributed by atoms with Crippen LogP contribution in [0.1, 0.15) is 37.4 Å². The number of methoxy groups -OCH3 is 1. The lowest BCUT2D eigenvalue weighted by molar-refractivity contribution is -0.139. The molecule has 1 heterocycles. The van der Waals surface area contributed by atoms with Crippen molar-refractivity contribution in [2.75, 3.05) is 13.7 Å². The quantitative estimate of drug-likeness (QED) is 0.511. The fourth-order valence-corrected chi connectivity index (χ4v) is 3.91. The van der Waals surface area contributed by atoms with Gasteiger partial charge in [-0.3, -0.25) is 0 Å². The van der Waals surface area contributed by atoms with E-state index in [4.69, 9.17) is 37.4 Å². The third-order valence-electron chi connectivity index (χ3n) is 4.96. The van der Waals surface area contributed by atoms with Crippen LogP contribution in [0.15, 0.2) is 47.7 Å². The number of rotatable bonds is 8. The van der Waals surface area contributed by atoms with Crippen LogP contribution in [0.4, 0.5) is 4.79 Å². The van der Waals surface area contributed by atoms with Crippen LogP contribution in [0.25, 0.3) is 0 Å². The third-order valence-corrected chi connectivity index (χ3v) is 5.67. The van der Waals surface area contributed by atoms with E-state index < -0.39 is 18.0 Å². The van der Waals surface area contributed by atoms with Gasteiger partial charge in [0.15, 0.2) is 11.5 Å². The van der Waals surface area contributed by atoms with Crippen molar-refractivity contribution in [2.24, 2.45) is 0 Å². The number of allylic oxidation sites excluding steroid dienone is 1. The van der Waals surface area contributed by atoms with Crippen molar-refractivity contribution in [2.45, 2.75) is 32.9 Å². The zero-order valence-electron chi connectivity index (χ0n) is 18.0. The minimum Gasteiger partial charge on any atom is -0.493 e. The number of hydrogen-bond donors (Lipinski definition) is 2. The second-order valence-electron chi connectivity index (χ2n) is 6.90. The maximum absolute atomic E-state index is 12.7. The highest BCUT2D eigenvalue weighted by atomic mass is 35.5. The normalized spacial score (nSPS) is 15.7. The molecule has 7 nitrogen and oxygen atoms in total. The summed E-state index contributed by atoms with van der Waals surface area (Å²) < 4.78 is 16.6. The molecule has 1 aliphatic heterocycles. The maximum Gasteiger partial charge on any atom is 0.338 e. The van der Waals surface area contributed by atoms with Crippen LogP contribution in [-0.4, -0.2) is 25.7 Å². The Kier molecular flexibility index (Phi) is 7.88. The van der Waals surface area contributed by atoms with Gasteiger partial charge in [0, 0.05) is 21.3 Å². The number of benzene rings is 2. The van der Waals surface area contributed by atoms with Gasteiger partial charge in [-0.25, -0.2) is 9.59 Å². The van der Waals surface area contributed by atoms with Crippen LogP contribution in [0, 0.1) is 0 Å². The predicted molar refractivity (Wildman–Crippen MR) is 122 cm³/mol. The highest BCUT2D eigenvalue weighted by molar-refractivity contribution is 6.35. The average molecular weight is 479 g/mol. The van der Waals surface area contributed by atoms with Crippen molar-refractivity contribution in [1.82, 2.24) is 10.6 Å². The highest BCUT2D eigenvalue weighted by Crippen LogP contribution is 2.36. The summed E-state index contributed by atoms with van der Waals surface area (Å²) in [6.07, 6.45) is 0.467. The van der Waals surface area contributed by atoms with Gasteiger partial charge in [0.2, 0.25) is 0 Å². The summed E-state index contributed by atoms with van der Waals surface area (Å²) in [5.74, 6) is 0.402. The molecule has 0 spiro atoms. The summed E-state index contributed by atoms with van der Waals surface area (Å²) >= 11 is 12.4. The zero-order valence-corrected chi connectivity index (χ0v) is 19.5. The number of urea groups is 1. The van der Waals surface area contributed by atoms with Crippen molar-refractivity contribution in [3.8, 4) is 11.5 Å². The number of hydrogen-bond acceptors (Lipinski definition) is 5. The molecule has 32 heavy (non-hydrogen) atoms. The summed E-state index contributed by atoms with van der Waals surface area (Å²) in [7, 11) is 1.51. The summed E-state index contributed by atoms with van der Waals surface area (Å²) in [6, 6.07) is 9.33. The van der Waals surface area contributed by atoms with Crippen LogP contribution < -0.4 is 20.1 Å². The molecule has 1 unspecified atom stereocenters. The van der Waals surface area contributed by atoms with E-state index >= 15 is 0 Å². The first-order valence-electron chi connectivity index (χ1n) is 10.1. The third kappa shape index (κ3) is 5.11. The molecule has 0 fully saturated rings. The van der Waals surface area contributed by atoms with E-state index in [0.717, 1.165) is 0 Å². The van der Waals surface area contributed by atoms with Crippen LogP contribution in [-0.2, 0) is 16.1 Å². The monoisotopic (exact) mass is 478 g/mol. The van der Waals surface area contributed by atoms with Gasteiger partial charge < -0.3 is 24.8 Å². The molecule has 2 N–H and O–H groups in total. The van der Waals surface area contributed by atoms with Gasteiger partial charge in [-0.05, 0) is 43.2 Å². The van der Waals surface area contributed by atoms with Gasteiger partial charge in [-0.2, -0.15) is 0 Å². The molecular formula is C23H24Cl2N2O5. The first kappa shape index (κ1) is 23.8. The van der Waals surface area contributed by atoms with Crippen molar-refractivity contribution in [3.63, 3.8) is 0 Å². The Morgan fingerprint density at radius 2 is 1.81 bits per heavy atom. The second-order valence-corrected chi connectivity index (χ2v) is 7.71. The fourth-order valence-electron chi connectivity index (χ4n) is 3.40. The number of ether oxygens (including phenoxy) is 3. The molecule has 1 atom stereocenters. The molecule has 2 aromatic rings. The topological polar surface area (TPSA) is 85.9 Å². The standard InChI is InChI=1S/C23H24Cl2N2O5/c1-4-17-20(22(28)31-5-2)21(27-23(29)26-17)13-9-10-18(19(11-13)30-3)32-12-14-15(24)7-6-8-16(14)25/h6-11,21H,4-5,12H2,1-3H3,(H2,26,27,29). The van der Waals surface area contributed by atoms with E-state index in [1.54, 1.807) is 43.3 Å². The molecule has 0 aliphatic carbocycles. The van der Waals surface area contributed by atoms with E-state index in [1.807, 2.05) is 6.92 Å². The Morgan fingerprint density at radius 1 is 1.09 bits per heavy atom. The van der Waals surface area contributed by atoms with E-state index in [0.29, 0.717) is 50.4 Å². The van der Waals surface area contributed by atoms with Crippen molar-refractivity contribution in [1.29, 1.82) is 0 Å². The number of esters is 1. The van der Waals surface area contributed by atoms with Crippen LogP contribution >= 0.6 is 23.2 Å². The molecule has 2 aromatic carbocycles. The molecule has 0 saturated heterocycles. The summed E-state index contributed by atoms with van der Waals surface area (Å²) in [5, 5.41) is 6.49. The molecule has 9 heteroatoms. The summed E-state index contributed by atoms with van der Waals surface area (Å²) in [5.41, 5.74) is 2.18. The molecule has 3 rings (SSSR count). The van der Waals surface area contributed by atoms with Gasteiger partial charge in [0.1, 0.15) is 6.61 Å². The summed E-state index contributed by atoms with van der Waals surface area (Å²) in [4.78, 5) is 24.8. The minimum absolute atomic E-state index is 0.145. The first-order chi connectivity index (χ1) is 15.4. The Bertz CT molecular complexity index is 1030. The summed E-state index contributed by atoms with van der Waals surface area (Å²) in [6.45, 7) is 3.95. The molecule has 0 bridgehead atoms. The lowest BCUT2D eigenvalue weighted by Gasteiger charge is -2.29. The second kappa shape index (κ2) is 10.6. The van der Waals surface area contributed by atoms with Crippen molar-refractivity contribution < 1.29 is 23.8 Å². The van der Waals surface area contributed by atoms with Gasteiger partial charge in [-0.15, -0.1) is 0 Å². The fraction of sp³-hybridized carbons (Fsp3) is 0.304. The number of amides is 2. The average Bonchev–Trinajstić information content (AvgIpc) is 2.78. The molecule has 0 aromatic heterocycles. The van der Waals surface area contributed by atoms with E-state index in [2.05, 4.69) is 10.6 Å². The lowest BCUT2D eigenvalue weighted by atomic mass is 9.94. The van der Waals surface area contributed by atoms with Crippen LogP contribution in [0.5, 0.6) is 11.5 Å². The molecule has 0 saturated carbocycles. The van der Waals surface area contributed by atoms with Crippen LogP contribution in [0.2, 0.25) is 10.0 Å². The first-order valence-corrected chi connectivity index (χ1v) is 10.9. The molecule has 0 radical (unpaired) electrons. The van der Waals surface area contributed by atoms with Gasteiger partial charge in [-0.1, -0.05) is 42.3 Å². The maximum atomic E-state index is 12.7.